The van der Waals surface area contributed by atoms with Crippen LogP contribution in [0.4, 0.5) is 5.82 Å². The van der Waals surface area contributed by atoms with Gasteiger partial charge in [0.25, 0.3) is 0 Å². The van der Waals surface area contributed by atoms with E-state index in [0.717, 1.165) is 0 Å². The summed E-state index contributed by atoms with van der Waals surface area (Å²) in [6.45, 7) is 2.40. The van der Waals surface area contributed by atoms with Crippen LogP contribution in [0.3, 0.4) is 0 Å². The fraction of sp³-hybridized carbons (Fsp3) is 0.364. The molecule has 1 unspecified atom stereocenters. The number of ether oxygens (including phenoxy) is 4. The second kappa shape index (κ2) is 9.53. The first-order chi connectivity index (χ1) is 16.3. The molecular formula is C22H23N5O7. The number of methoxy groups -OCH3 is 1. The van der Waals surface area contributed by atoms with Crippen molar-refractivity contribution in [1.29, 1.82) is 0 Å². The highest BCUT2D eigenvalue weighted by atomic mass is 16.6. The second-order valence-corrected chi connectivity index (χ2v) is 7.61. The van der Waals surface area contributed by atoms with Crippen LogP contribution in [-0.4, -0.2) is 68.8 Å². The van der Waals surface area contributed by atoms with Gasteiger partial charge in [0.2, 0.25) is 5.78 Å². The van der Waals surface area contributed by atoms with Crippen molar-refractivity contribution in [1.82, 2.24) is 19.5 Å². The van der Waals surface area contributed by atoms with Crippen molar-refractivity contribution in [2.45, 2.75) is 44.5 Å². The highest BCUT2D eigenvalue weighted by molar-refractivity contribution is 6.00. The number of carbonyl (C=O) groups excluding carboxylic acids is 3. The highest BCUT2D eigenvalue weighted by Gasteiger charge is 2.54. The average molecular weight is 469 g/mol. The van der Waals surface area contributed by atoms with E-state index in [1.165, 1.54) is 38.2 Å². The quantitative estimate of drug-likeness (QED) is 0.390. The van der Waals surface area contributed by atoms with E-state index in [2.05, 4.69) is 15.0 Å². The van der Waals surface area contributed by atoms with Crippen LogP contribution in [0.2, 0.25) is 0 Å². The zero-order valence-corrected chi connectivity index (χ0v) is 18.7. The lowest BCUT2D eigenvalue weighted by molar-refractivity contribution is -0.163. The molecule has 12 nitrogen and oxygen atoms in total. The summed E-state index contributed by atoms with van der Waals surface area (Å²) in [6.07, 6.45) is -2.84. The summed E-state index contributed by atoms with van der Waals surface area (Å²) in [6, 6.07) is 8.28. The number of fused-ring (bicyclic) bond motifs is 1. The Morgan fingerprint density at radius 3 is 2.44 bits per heavy atom. The Hall–Kier alpha value is -3.90. The zero-order chi connectivity index (χ0) is 24.4. The molecule has 12 heteroatoms. The Kier molecular flexibility index (Phi) is 6.52. The number of esters is 2. The molecule has 0 radical (unpaired) electrons. The lowest BCUT2D eigenvalue weighted by Crippen LogP contribution is -2.47. The average Bonchev–Trinajstić information content (AvgIpc) is 3.39. The molecule has 0 aliphatic carbocycles. The summed E-state index contributed by atoms with van der Waals surface area (Å²) in [4.78, 5) is 49.6. The third kappa shape index (κ3) is 4.32. The molecule has 1 aromatic carbocycles. The standard InChI is InChI=1S/C22H23N5O7/c1-11(28)32-16(15(30)13-7-5-4-6-8-13)17-18(33-12(2)29)19(31-3)22(34-17)27-10-26-14-20(23)24-9-25-21(14)27/h4-10,16-19,22H,1-3H3,(H2,23,24,25)/t16?,17-,18-,19-,22-/m1/s1. The number of hydrogen-bond donors (Lipinski definition) is 1. The van der Waals surface area contributed by atoms with Crippen LogP contribution in [-0.2, 0) is 28.5 Å². The van der Waals surface area contributed by atoms with E-state index in [1.54, 1.807) is 30.3 Å². The SMILES string of the molecule is CO[C@@H]1[C@H](OC(C)=O)[C@@H](C(OC(C)=O)C(=O)c2ccccc2)O[C@H]1n1cnc2c(N)ncnc21. The van der Waals surface area contributed by atoms with Crippen molar-refractivity contribution in [3.63, 3.8) is 0 Å². The first-order valence-corrected chi connectivity index (χ1v) is 10.4. The van der Waals surface area contributed by atoms with E-state index < -0.39 is 48.4 Å². The fourth-order valence-electron chi connectivity index (χ4n) is 3.98. The number of benzene rings is 1. The minimum atomic E-state index is -1.42. The van der Waals surface area contributed by atoms with Gasteiger partial charge in [-0.05, 0) is 0 Å². The second-order valence-electron chi connectivity index (χ2n) is 7.61. The summed E-state index contributed by atoms with van der Waals surface area (Å²) in [7, 11) is 1.40. The summed E-state index contributed by atoms with van der Waals surface area (Å²) in [5.74, 6) is -1.68. The topological polar surface area (TPSA) is 158 Å². The van der Waals surface area contributed by atoms with Crippen molar-refractivity contribution in [2.75, 3.05) is 12.8 Å². The summed E-state index contributed by atoms with van der Waals surface area (Å²) < 4.78 is 24.3. The van der Waals surface area contributed by atoms with Crippen LogP contribution in [0, 0.1) is 0 Å². The van der Waals surface area contributed by atoms with Crippen LogP contribution < -0.4 is 5.73 Å². The lowest BCUT2D eigenvalue weighted by Gasteiger charge is -2.27. The molecule has 1 aliphatic heterocycles. The maximum absolute atomic E-state index is 13.3. The first-order valence-electron chi connectivity index (χ1n) is 10.4. The summed E-state index contributed by atoms with van der Waals surface area (Å²) >= 11 is 0. The Bertz CT molecular complexity index is 1210. The van der Waals surface area contributed by atoms with Crippen LogP contribution in [0.15, 0.2) is 43.0 Å². The van der Waals surface area contributed by atoms with Gasteiger partial charge in [-0.2, -0.15) is 0 Å². The van der Waals surface area contributed by atoms with E-state index in [-0.39, 0.29) is 5.82 Å². The van der Waals surface area contributed by atoms with Crippen molar-refractivity contribution in [2.24, 2.45) is 0 Å². The first kappa shape index (κ1) is 23.3. The Morgan fingerprint density at radius 2 is 1.79 bits per heavy atom. The molecule has 2 aromatic heterocycles. The number of Topliss-reactive ketones (excluding diaryl/α,β-unsaturated/α-hetero) is 1. The summed E-state index contributed by atoms with van der Waals surface area (Å²) in [5.41, 5.74) is 6.87. The molecule has 3 aromatic rings. The number of aromatic nitrogens is 4. The normalized spacial score (nSPS) is 22.9. The molecular weight excluding hydrogens is 446 g/mol. The molecule has 0 spiro atoms. The van der Waals surface area contributed by atoms with Gasteiger partial charge in [0.15, 0.2) is 29.9 Å². The van der Waals surface area contributed by atoms with Crippen molar-refractivity contribution >= 4 is 34.7 Å². The lowest BCUT2D eigenvalue weighted by atomic mass is 9.97. The number of ketones is 1. The van der Waals surface area contributed by atoms with E-state index >= 15 is 0 Å². The number of rotatable bonds is 7. The number of nitrogen functional groups attached to an aromatic ring is 1. The van der Waals surface area contributed by atoms with Crippen LogP contribution >= 0.6 is 0 Å². The molecule has 1 fully saturated rings. The smallest absolute Gasteiger partial charge is 0.303 e. The molecule has 3 heterocycles. The molecule has 0 saturated carbocycles. The Balaban J connectivity index is 1.78. The number of hydrogen-bond acceptors (Lipinski definition) is 11. The maximum Gasteiger partial charge on any atom is 0.303 e. The largest absolute Gasteiger partial charge is 0.457 e. The van der Waals surface area contributed by atoms with Crippen molar-refractivity contribution in [3.05, 3.63) is 48.5 Å². The van der Waals surface area contributed by atoms with Gasteiger partial charge in [0, 0.05) is 26.5 Å². The van der Waals surface area contributed by atoms with Crippen LogP contribution in [0.5, 0.6) is 0 Å². The Morgan fingerprint density at radius 1 is 1.06 bits per heavy atom. The highest BCUT2D eigenvalue weighted by Crippen LogP contribution is 2.38. The Labute approximate surface area is 194 Å². The van der Waals surface area contributed by atoms with E-state index in [4.69, 9.17) is 24.7 Å². The van der Waals surface area contributed by atoms with Gasteiger partial charge in [0.1, 0.15) is 24.1 Å². The number of imidazole rings is 1. The number of nitrogens with two attached hydrogens (primary N) is 1. The van der Waals surface area contributed by atoms with Crippen molar-refractivity contribution < 1.29 is 33.3 Å². The maximum atomic E-state index is 13.3. The van der Waals surface area contributed by atoms with Gasteiger partial charge in [0.05, 0.1) is 6.33 Å². The van der Waals surface area contributed by atoms with Gasteiger partial charge in [-0.3, -0.25) is 19.0 Å². The number of nitrogens with zero attached hydrogens (tertiary/aromatic N) is 4. The fourth-order valence-corrected chi connectivity index (χ4v) is 3.98. The predicted octanol–water partition coefficient (Wildman–Crippen LogP) is 1.07. The van der Waals surface area contributed by atoms with Gasteiger partial charge in [-0.25, -0.2) is 15.0 Å². The molecule has 5 atom stereocenters. The van der Waals surface area contributed by atoms with E-state index in [1.807, 2.05) is 0 Å². The van der Waals surface area contributed by atoms with Crippen LogP contribution in [0.25, 0.3) is 11.2 Å². The number of carbonyl (C=O) groups is 3. The van der Waals surface area contributed by atoms with E-state index in [9.17, 15) is 14.4 Å². The minimum Gasteiger partial charge on any atom is -0.457 e. The molecule has 1 aliphatic rings. The predicted molar refractivity (Wildman–Crippen MR) is 116 cm³/mol. The molecule has 2 N–H and O–H groups in total. The third-order valence-electron chi connectivity index (χ3n) is 5.37. The molecule has 0 amide bonds. The third-order valence-corrected chi connectivity index (χ3v) is 5.37. The molecule has 1 saturated heterocycles. The number of anilines is 1. The van der Waals surface area contributed by atoms with Gasteiger partial charge < -0.3 is 24.7 Å². The van der Waals surface area contributed by atoms with E-state index in [0.29, 0.717) is 16.7 Å². The minimum absolute atomic E-state index is 0.167. The van der Waals surface area contributed by atoms with Gasteiger partial charge in [-0.1, -0.05) is 30.3 Å². The summed E-state index contributed by atoms with van der Waals surface area (Å²) in [5, 5.41) is 0. The van der Waals surface area contributed by atoms with Gasteiger partial charge in [-0.15, -0.1) is 0 Å². The van der Waals surface area contributed by atoms with Crippen molar-refractivity contribution in [3.8, 4) is 0 Å². The molecule has 34 heavy (non-hydrogen) atoms. The molecule has 4 rings (SSSR count). The monoisotopic (exact) mass is 469 g/mol. The zero-order valence-electron chi connectivity index (χ0n) is 18.7. The molecule has 178 valence electrons. The molecule has 0 bridgehead atoms. The van der Waals surface area contributed by atoms with Gasteiger partial charge >= 0.3 is 11.9 Å². The van der Waals surface area contributed by atoms with Crippen LogP contribution in [0.1, 0.15) is 30.4 Å².